The minimum absolute atomic E-state index is 0.682. The van der Waals surface area contributed by atoms with Gasteiger partial charge < -0.3 is 5.73 Å². The molecule has 0 radical (unpaired) electrons. The van der Waals surface area contributed by atoms with Crippen LogP contribution < -0.4 is 5.73 Å². The Hall–Kier alpha value is -2.88. The van der Waals surface area contributed by atoms with Gasteiger partial charge in [0.05, 0.1) is 23.8 Å². The standard InChI is InChI=1S/C17H14N4/c18-15-7-6-13-10-20-21(16(13)9-15)11-14-4-1-3-12-5-2-8-19-17(12)14/h1-10H,11,18H2. The summed E-state index contributed by atoms with van der Waals surface area (Å²) in [5.74, 6) is 0. The van der Waals surface area contributed by atoms with Crippen molar-refractivity contribution in [2.45, 2.75) is 6.54 Å². The second-order valence-corrected chi connectivity index (χ2v) is 5.11. The normalized spacial score (nSPS) is 11.2. The summed E-state index contributed by atoms with van der Waals surface area (Å²) in [6, 6.07) is 16.1. The van der Waals surface area contributed by atoms with Crippen LogP contribution in [0.1, 0.15) is 5.56 Å². The van der Waals surface area contributed by atoms with Crippen LogP contribution in [0, 0.1) is 0 Å². The summed E-state index contributed by atoms with van der Waals surface area (Å²) in [5, 5.41) is 6.71. The van der Waals surface area contributed by atoms with Crippen molar-refractivity contribution >= 4 is 27.5 Å². The van der Waals surface area contributed by atoms with E-state index in [9.17, 15) is 0 Å². The van der Waals surface area contributed by atoms with Gasteiger partial charge in [0.1, 0.15) is 0 Å². The van der Waals surface area contributed by atoms with E-state index in [4.69, 9.17) is 5.73 Å². The first-order valence-corrected chi connectivity index (χ1v) is 6.85. The Morgan fingerprint density at radius 1 is 1.00 bits per heavy atom. The molecule has 0 unspecified atom stereocenters. The zero-order valence-corrected chi connectivity index (χ0v) is 11.4. The van der Waals surface area contributed by atoms with Crippen molar-refractivity contribution in [3.63, 3.8) is 0 Å². The number of hydrogen-bond donors (Lipinski definition) is 1. The predicted octanol–water partition coefficient (Wildman–Crippen LogP) is 3.22. The van der Waals surface area contributed by atoms with Gasteiger partial charge in [-0.15, -0.1) is 0 Å². The van der Waals surface area contributed by atoms with Crippen LogP contribution in [0.5, 0.6) is 0 Å². The van der Waals surface area contributed by atoms with Crippen molar-refractivity contribution in [1.82, 2.24) is 14.8 Å². The lowest BCUT2D eigenvalue weighted by Gasteiger charge is -2.07. The van der Waals surface area contributed by atoms with Crippen LogP contribution in [-0.2, 0) is 6.54 Å². The molecule has 0 atom stereocenters. The maximum absolute atomic E-state index is 5.88. The molecule has 2 heterocycles. The molecule has 0 aliphatic rings. The SMILES string of the molecule is Nc1ccc2cnn(Cc3cccc4cccnc34)c2c1. The highest BCUT2D eigenvalue weighted by atomic mass is 15.3. The van der Waals surface area contributed by atoms with Gasteiger partial charge in [-0.25, -0.2) is 0 Å². The fraction of sp³-hybridized carbons (Fsp3) is 0.0588. The van der Waals surface area contributed by atoms with E-state index in [1.54, 1.807) is 0 Å². The highest BCUT2D eigenvalue weighted by molar-refractivity contribution is 5.83. The number of fused-ring (bicyclic) bond motifs is 2. The Bertz CT molecular complexity index is 934. The molecule has 0 aliphatic heterocycles. The third kappa shape index (κ3) is 2.01. The average Bonchev–Trinajstić information content (AvgIpc) is 2.90. The summed E-state index contributed by atoms with van der Waals surface area (Å²) >= 11 is 0. The number of hydrogen-bond acceptors (Lipinski definition) is 3. The summed E-state index contributed by atoms with van der Waals surface area (Å²) in [7, 11) is 0. The lowest BCUT2D eigenvalue weighted by molar-refractivity contribution is 0.715. The summed E-state index contributed by atoms with van der Waals surface area (Å²) in [6.07, 6.45) is 3.69. The number of pyridine rings is 1. The van der Waals surface area contributed by atoms with Crippen molar-refractivity contribution in [2.75, 3.05) is 5.73 Å². The molecule has 2 aromatic carbocycles. The van der Waals surface area contributed by atoms with Gasteiger partial charge in [0, 0.05) is 22.7 Å². The first-order chi connectivity index (χ1) is 10.3. The molecule has 2 N–H and O–H groups in total. The molecule has 0 amide bonds. The molecule has 102 valence electrons. The molecule has 0 spiro atoms. The van der Waals surface area contributed by atoms with E-state index in [-0.39, 0.29) is 0 Å². The number of benzene rings is 2. The Morgan fingerprint density at radius 2 is 1.90 bits per heavy atom. The fourth-order valence-corrected chi connectivity index (χ4v) is 2.67. The first-order valence-electron chi connectivity index (χ1n) is 6.85. The van der Waals surface area contributed by atoms with E-state index < -0.39 is 0 Å². The number of aromatic nitrogens is 3. The van der Waals surface area contributed by atoms with Gasteiger partial charge in [0.25, 0.3) is 0 Å². The second kappa shape index (κ2) is 4.59. The minimum atomic E-state index is 0.682. The van der Waals surface area contributed by atoms with Crippen molar-refractivity contribution < 1.29 is 0 Å². The summed E-state index contributed by atoms with van der Waals surface area (Å²) in [6.45, 7) is 0.682. The quantitative estimate of drug-likeness (QED) is 0.571. The van der Waals surface area contributed by atoms with Gasteiger partial charge in [0.15, 0.2) is 0 Å². The van der Waals surface area contributed by atoms with Gasteiger partial charge in [-0.2, -0.15) is 5.10 Å². The number of nitrogens with two attached hydrogens (primary N) is 1. The number of rotatable bonds is 2. The van der Waals surface area contributed by atoms with E-state index in [0.29, 0.717) is 6.54 Å². The van der Waals surface area contributed by atoms with Crippen LogP contribution in [0.2, 0.25) is 0 Å². The Kier molecular flexibility index (Phi) is 2.60. The maximum Gasteiger partial charge on any atom is 0.0752 e. The van der Waals surface area contributed by atoms with E-state index in [1.165, 1.54) is 0 Å². The van der Waals surface area contributed by atoms with Gasteiger partial charge in [-0.1, -0.05) is 24.3 Å². The third-order valence-corrected chi connectivity index (χ3v) is 3.71. The van der Waals surface area contributed by atoms with Crippen LogP contribution in [0.4, 0.5) is 5.69 Å². The Labute approximate surface area is 121 Å². The van der Waals surface area contributed by atoms with E-state index >= 15 is 0 Å². The van der Waals surface area contributed by atoms with Gasteiger partial charge in [-0.05, 0) is 29.8 Å². The van der Waals surface area contributed by atoms with Crippen molar-refractivity contribution in [3.8, 4) is 0 Å². The number of anilines is 1. The molecule has 0 aliphatic carbocycles. The molecular weight excluding hydrogens is 260 g/mol. The minimum Gasteiger partial charge on any atom is -0.399 e. The van der Waals surface area contributed by atoms with Crippen molar-refractivity contribution in [3.05, 3.63) is 66.5 Å². The first kappa shape index (κ1) is 11.9. The molecule has 0 saturated heterocycles. The molecule has 21 heavy (non-hydrogen) atoms. The molecule has 4 aromatic rings. The molecule has 4 nitrogen and oxygen atoms in total. The highest BCUT2D eigenvalue weighted by Gasteiger charge is 2.07. The molecular formula is C17H14N4. The number of para-hydroxylation sites is 1. The van der Waals surface area contributed by atoms with Crippen LogP contribution >= 0.6 is 0 Å². The second-order valence-electron chi connectivity index (χ2n) is 5.11. The average molecular weight is 274 g/mol. The Morgan fingerprint density at radius 3 is 2.86 bits per heavy atom. The molecule has 4 rings (SSSR count). The van der Waals surface area contributed by atoms with Crippen molar-refractivity contribution in [2.24, 2.45) is 0 Å². The summed E-state index contributed by atoms with van der Waals surface area (Å²) < 4.78 is 1.97. The smallest absolute Gasteiger partial charge is 0.0752 e. The molecule has 0 saturated carbocycles. The lowest BCUT2D eigenvalue weighted by Crippen LogP contribution is -2.02. The molecule has 0 bridgehead atoms. The van der Waals surface area contributed by atoms with Gasteiger partial charge in [-0.3, -0.25) is 9.67 Å². The van der Waals surface area contributed by atoms with Gasteiger partial charge in [0.2, 0.25) is 0 Å². The Balaban J connectivity index is 1.85. The van der Waals surface area contributed by atoms with Crippen molar-refractivity contribution in [1.29, 1.82) is 0 Å². The number of nitrogen functional groups attached to an aromatic ring is 1. The van der Waals surface area contributed by atoms with Gasteiger partial charge >= 0.3 is 0 Å². The highest BCUT2D eigenvalue weighted by Crippen LogP contribution is 2.21. The largest absolute Gasteiger partial charge is 0.399 e. The molecule has 2 aromatic heterocycles. The zero-order chi connectivity index (χ0) is 14.2. The van der Waals surface area contributed by atoms with Crippen LogP contribution in [0.25, 0.3) is 21.8 Å². The predicted molar refractivity (Wildman–Crippen MR) is 85.0 cm³/mol. The van der Waals surface area contributed by atoms with E-state index in [0.717, 1.165) is 33.1 Å². The molecule has 0 fully saturated rings. The lowest BCUT2D eigenvalue weighted by atomic mass is 10.1. The summed E-state index contributed by atoms with van der Waals surface area (Å²) in [4.78, 5) is 4.49. The maximum atomic E-state index is 5.88. The van der Waals surface area contributed by atoms with Crippen LogP contribution in [-0.4, -0.2) is 14.8 Å². The topological polar surface area (TPSA) is 56.7 Å². The zero-order valence-electron chi connectivity index (χ0n) is 11.4. The fourth-order valence-electron chi connectivity index (χ4n) is 2.67. The van der Waals surface area contributed by atoms with E-state index in [1.807, 2.05) is 41.3 Å². The van der Waals surface area contributed by atoms with Crippen LogP contribution in [0.15, 0.2) is 60.9 Å². The van der Waals surface area contributed by atoms with E-state index in [2.05, 4.69) is 34.3 Å². The summed E-state index contributed by atoms with van der Waals surface area (Å²) in [5.41, 5.74) is 9.85. The molecule has 4 heteroatoms. The monoisotopic (exact) mass is 274 g/mol. The third-order valence-electron chi connectivity index (χ3n) is 3.71. The number of nitrogens with zero attached hydrogens (tertiary/aromatic N) is 3. The van der Waals surface area contributed by atoms with Crippen LogP contribution in [0.3, 0.4) is 0 Å².